The number of aromatic nitrogens is 2. The number of H-pyrrole nitrogens is 1. The summed E-state index contributed by atoms with van der Waals surface area (Å²) in [6.45, 7) is 5.01. The maximum Gasteiger partial charge on any atom is 0.252 e. The van der Waals surface area contributed by atoms with E-state index in [1.165, 1.54) is 11.6 Å². The SMILES string of the molecule is CC(=O)N1CCCCC[C@H]2[C@@H]1[C@H](c1ccccc1)CN2CC(=O)Nc1nc(C)cc(=O)[nH]1. The van der Waals surface area contributed by atoms with Crippen molar-refractivity contribution in [2.24, 2.45) is 0 Å². The van der Waals surface area contributed by atoms with E-state index in [0.717, 1.165) is 32.2 Å². The van der Waals surface area contributed by atoms with E-state index < -0.39 is 0 Å². The molecule has 0 unspecified atom stereocenters. The van der Waals surface area contributed by atoms with Gasteiger partial charge in [-0.2, -0.15) is 0 Å². The van der Waals surface area contributed by atoms with Crippen LogP contribution in [0.4, 0.5) is 5.95 Å². The molecule has 2 N–H and O–H groups in total. The van der Waals surface area contributed by atoms with Gasteiger partial charge in [0.25, 0.3) is 5.56 Å². The number of aryl methyl sites for hydroxylation is 1. The fourth-order valence-electron chi connectivity index (χ4n) is 5.27. The molecule has 1 aromatic carbocycles. The summed E-state index contributed by atoms with van der Waals surface area (Å²) in [5.41, 5.74) is 1.45. The minimum absolute atomic E-state index is 0.0416. The Kier molecular flexibility index (Phi) is 6.69. The fraction of sp³-hybridized carbons (Fsp3) is 0.500. The van der Waals surface area contributed by atoms with Gasteiger partial charge in [0.1, 0.15) is 0 Å². The summed E-state index contributed by atoms with van der Waals surface area (Å²) in [7, 11) is 0. The van der Waals surface area contributed by atoms with Gasteiger partial charge in [-0.3, -0.25) is 29.6 Å². The predicted octanol–water partition coefficient (Wildman–Crippen LogP) is 2.28. The molecule has 2 saturated heterocycles. The van der Waals surface area contributed by atoms with Crippen LogP contribution in [0.3, 0.4) is 0 Å². The summed E-state index contributed by atoms with van der Waals surface area (Å²) >= 11 is 0. The van der Waals surface area contributed by atoms with E-state index >= 15 is 0 Å². The number of carbonyl (C=O) groups is 2. The van der Waals surface area contributed by atoms with Gasteiger partial charge in [-0.1, -0.05) is 43.2 Å². The molecule has 170 valence electrons. The predicted molar refractivity (Wildman–Crippen MR) is 122 cm³/mol. The average Bonchev–Trinajstić information content (AvgIpc) is 3.04. The van der Waals surface area contributed by atoms with Gasteiger partial charge in [0.2, 0.25) is 17.8 Å². The minimum Gasteiger partial charge on any atom is -0.338 e. The highest BCUT2D eigenvalue weighted by Crippen LogP contribution is 2.39. The van der Waals surface area contributed by atoms with Crippen LogP contribution in [0.25, 0.3) is 0 Å². The number of hydrogen-bond donors (Lipinski definition) is 2. The number of fused-ring (bicyclic) bond motifs is 1. The van der Waals surface area contributed by atoms with Gasteiger partial charge in [0, 0.05) is 43.7 Å². The molecule has 4 rings (SSSR count). The first-order valence-electron chi connectivity index (χ1n) is 11.4. The topological polar surface area (TPSA) is 98.4 Å². The van der Waals surface area contributed by atoms with Crippen molar-refractivity contribution in [1.82, 2.24) is 19.8 Å². The highest BCUT2D eigenvalue weighted by molar-refractivity contribution is 5.90. The Morgan fingerprint density at radius 1 is 1.19 bits per heavy atom. The molecule has 0 radical (unpaired) electrons. The third kappa shape index (κ3) is 4.91. The van der Waals surface area contributed by atoms with Crippen LogP contribution < -0.4 is 10.9 Å². The minimum atomic E-state index is -0.296. The zero-order valence-corrected chi connectivity index (χ0v) is 18.7. The molecule has 32 heavy (non-hydrogen) atoms. The second-order valence-electron chi connectivity index (χ2n) is 8.85. The average molecular weight is 438 g/mol. The van der Waals surface area contributed by atoms with E-state index in [4.69, 9.17) is 0 Å². The molecule has 0 saturated carbocycles. The van der Waals surface area contributed by atoms with E-state index in [2.05, 4.69) is 32.3 Å². The molecule has 1 aromatic heterocycles. The Morgan fingerprint density at radius 3 is 2.69 bits per heavy atom. The lowest BCUT2D eigenvalue weighted by atomic mass is 9.87. The number of carbonyl (C=O) groups excluding carboxylic acids is 2. The molecular weight excluding hydrogens is 406 g/mol. The molecule has 8 heteroatoms. The third-order valence-electron chi connectivity index (χ3n) is 6.57. The van der Waals surface area contributed by atoms with Crippen molar-refractivity contribution < 1.29 is 9.59 Å². The quantitative estimate of drug-likeness (QED) is 0.765. The van der Waals surface area contributed by atoms with Crippen molar-refractivity contribution in [2.45, 2.75) is 57.5 Å². The maximum absolute atomic E-state index is 12.9. The highest BCUT2D eigenvalue weighted by Gasteiger charge is 2.46. The van der Waals surface area contributed by atoms with Gasteiger partial charge in [0.15, 0.2) is 0 Å². The highest BCUT2D eigenvalue weighted by atomic mass is 16.2. The van der Waals surface area contributed by atoms with Crippen molar-refractivity contribution >= 4 is 17.8 Å². The lowest BCUT2D eigenvalue weighted by Crippen LogP contribution is -2.51. The maximum atomic E-state index is 12.9. The number of likely N-dealkylation sites (tertiary alicyclic amines) is 2. The number of nitrogens with zero attached hydrogens (tertiary/aromatic N) is 3. The number of hydrogen-bond acceptors (Lipinski definition) is 5. The Bertz CT molecular complexity index is 1020. The van der Waals surface area contributed by atoms with Crippen molar-refractivity contribution in [1.29, 1.82) is 0 Å². The molecular formula is C24H31N5O3. The van der Waals surface area contributed by atoms with Crippen LogP contribution in [0, 0.1) is 6.92 Å². The first-order chi connectivity index (χ1) is 15.4. The van der Waals surface area contributed by atoms with E-state index in [1.54, 1.807) is 13.8 Å². The Balaban J connectivity index is 1.59. The molecule has 2 aliphatic rings. The van der Waals surface area contributed by atoms with Gasteiger partial charge >= 0.3 is 0 Å². The van der Waals surface area contributed by atoms with Gasteiger partial charge in [-0.25, -0.2) is 4.98 Å². The molecule has 2 aliphatic heterocycles. The van der Waals surface area contributed by atoms with Crippen LogP contribution in [-0.4, -0.2) is 63.3 Å². The summed E-state index contributed by atoms with van der Waals surface area (Å²) in [5, 5.41) is 2.73. The summed E-state index contributed by atoms with van der Waals surface area (Å²) in [4.78, 5) is 48.2. The molecule has 2 amide bonds. The van der Waals surface area contributed by atoms with E-state index in [-0.39, 0.29) is 47.9 Å². The van der Waals surface area contributed by atoms with E-state index in [9.17, 15) is 14.4 Å². The number of benzene rings is 1. The van der Waals surface area contributed by atoms with Crippen molar-refractivity contribution in [3.63, 3.8) is 0 Å². The summed E-state index contributed by atoms with van der Waals surface area (Å²) in [6.07, 6.45) is 4.12. The monoisotopic (exact) mass is 437 g/mol. The molecule has 3 atom stereocenters. The molecule has 0 aliphatic carbocycles. The number of amides is 2. The van der Waals surface area contributed by atoms with Gasteiger partial charge in [-0.05, 0) is 25.3 Å². The van der Waals surface area contributed by atoms with Crippen LogP contribution in [0.15, 0.2) is 41.2 Å². The molecule has 2 aromatic rings. The number of anilines is 1. The van der Waals surface area contributed by atoms with Crippen LogP contribution in [0.1, 0.15) is 49.8 Å². The van der Waals surface area contributed by atoms with Crippen molar-refractivity contribution in [3.8, 4) is 0 Å². The largest absolute Gasteiger partial charge is 0.338 e. The van der Waals surface area contributed by atoms with Crippen molar-refractivity contribution in [2.75, 3.05) is 25.0 Å². The lowest BCUT2D eigenvalue weighted by molar-refractivity contribution is -0.132. The third-order valence-corrected chi connectivity index (χ3v) is 6.57. The zero-order chi connectivity index (χ0) is 22.7. The first kappa shape index (κ1) is 22.2. The van der Waals surface area contributed by atoms with Crippen molar-refractivity contribution in [3.05, 3.63) is 58.0 Å². The second kappa shape index (κ2) is 9.65. The van der Waals surface area contributed by atoms with E-state index in [1.807, 2.05) is 23.1 Å². The smallest absolute Gasteiger partial charge is 0.252 e. The Hall–Kier alpha value is -3.00. The molecule has 0 bridgehead atoms. The fourth-order valence-corrected chi connectivity index (χ4v) is 5.27. The van der Waals surface area contributed by atoms with Gasteiger partial charge in [-0.15, -0.1) is 0 Å². The Labute approximate surface area is 188 Å². The summed E-state index contributed by atoms with van der Waals surface area (Å²) in [6, 6.07) is 11.8. The molecule has 2 fully saturated rings. The van der Waals surface area contributed by atoms with Crippen LogP contribution >= 0.6 is 0 Å². The van der Waals surface area contributed by atoms with E-state index in [0.29, 0.717) is 12.2 Å². The number of aromatic amines is 1. The molecule has 0 spiro atoms. The molecule has 8 nitrogen and oxygen atoms in total. The lowest BCUT2D eigenvalue weighted by Gasteiger charge is -2.38. The second-order valence-corrected chi connectivity index (χ2v) is 8.85. The first-order valence-corrected chi connectivity index (χ1v) is 11.4. The standard InChI is InChI=1S/C24H31N5O3/c1-16-13-21(31)26-24(25-16)27-22(32)15-28-14-19(18-9-5-3-6-10-18)23-20(28)11-7-4-8-12-29(23)17(2)30/h3,5-6,9-10,13,19-20,23H,4,7-8,11-12,14-15H2,1-2H3,(H2,25,26,27,31,32)/t19-,20-,23-/m0/s1. The normalized spacial score (nSPS) is 23.8. The number of rotatable bonds is 4. The van der Waals surface area contributed by atoms with Crippen LogP contribution in [0.2, 0.25) is 0 Å². The number of nitrogens with one attached hydrogen (secondary N) is 2. The van der Waals surface area contributed by atoms with Crippen LogP contribution in [0.5, 0.6) is 0 Å². The summed E-state index contributed by atoms with van der Waals surface area (Å²) < 4.78 is 0. The molecule has 3 heterocycles. The Morgan fingerprint density at radius 2 is 1.97 bits per heavy atom. The van der Waals surface area contributed by atoms with Gasteiger partial charge in [0.05, 0.1) is 12.6 Å². The zero-order valence-electron chi connectivity index (χ0n) is 18.7. The summed E-state index contributed by atoms with van der Waals surface area (Å²) in [5.74, 6) is 0.185. The van der Waals surface area contributed by atoms with Gasteiger partial charge < -0.3 is 4.90 Å². The van der Waals surface area contributed by atoms with Crippen LogP contribution in [-0.2, 0) is 9.59 Å².